The SMILES string of the molecule is COc1ccc(OC)c(C(=O)Nc2cc(-c3c(F)cccc3Cl)[nH]n2)c1. The fourth-order valence-corrected chi connectivity index (χ4v) is 2.71. The van der Waals surface area contributed by atoms with Crippen LogP contribution in [0.3, 0.4) is 0 Å². The first-order valence-corrected chi connectivity index (χ1v) is 7.94. The average Bonchev–Trinajstić information content (AvgIpc) is 3.08. The number of aromatic amines is 1. The quantitative estimate of drug-likeness (QED) is 0.702. The number of methoxy groups -OCH3 is 2. The lowest BCUT2D eigenvalue weighted by Gasteiger charge is -2.09. The molecule has 0 saturated carbocycles. The predicted molar refractivity (Wildman–Crippen MR) is 96.5 cm³/mol. The van der Waals surface area contributed by atoms with Crippen LogP contribution in [0.15, 0.2) is 42.5 Å². The molecule has 0 bridgehead atoms. The van der Waals surface area contributed by atoms with Gasteiger partial charge in [0.25, 0.3) is 5.91 Å². The summed E-state index contributed by atoms with van der Waals surface area (Å²) in [6, 6.07) is 10.7. The van der Waals surface area contributed by atoms with Gasteiger partial charge in [-0.05, 0) is 30.3 Å². The normalized spacial score (nSPS) is 10.5. The molecule has 0 radical (unpaired) electrons. The van der Waals surface area contributed by atoms with Crippen molar-refractivity contribution in [3.8, 4) is 22.8 Å². The zero-order valence-corrected chi connectivity index (χ0v) is 14.7. The molecule has 3 rings (SSSR count). The number of aromatic nitrogens is 2. The van der Waals surface area contributed by atoms with Crippen molar-refractivity contribution in [2.45, 2.75) is 0 Å². The molecule has 134 valence electrons. The Morgan fingerprint density at radius 3 is 2.69 bits per heavy atom. The molecule has 6 nitrogen and oxygen atoms in total. The van der Waals surface area contributed by atoms with Gasteiger partial charge in [-0.2, -0.15) is 5.10 Å². The highest BCUT2D eigenvalue weighted by Gasteiger charge is 2.17. The summed E-state index contributed by atoms with van der Waals surface area (Å²) < 4.78 is 24.3. The Labute approximate surface area is 153 Å². The van der Waals surface area contributed by atoms with Crippen LogP contribution in [0, 0.1) is 5.82 Å². The number of ether oxygens (including phenoxy) is 2. The molecule has 0 fully saturated rings. The van der Waals surface area contributed by atoms with E-state index in [1.807, 2.05) is 0 Å². The predicted octanol–water partition coefficient (Wildman–Crippen LogP) is 4.14. The summed E-state index contributed by atoms with van der Waals surface area (Å²) in [7, 11) is 2.97. The largest absolute Gasteiger partial charge is 0.497 e. The fourth-order valence-electron chi connectivity index (χ4n) is 2.44. The second-order valence-electron chi connectivity index (χ2n) is 5.28. The van der Waals surface area contributed by atoms with E-state index in [1.54, 1.807) is 24.3 Å². The number of carbonyl (C=O) groups excluding carboxylic acids is 1. The third-order valence-corrected chi connectivity index (χ3v) is 4.02. The Balaban J connectivity index is 1.87. The molecule has 0 aliphatic rings. The van der Waals surface area contributed by atoms with E-state index in [0.29, 0.717) is 17.2 Å². The summed E-state index contributed by atoms with van der Waals surface area (Å²) in [5.74, 6) is 0.175. The number of nitrogens with zero attached hydrogens (tertiary/aromatic N) is 1. The molecular formula is C18H15ClFN3O3. The number of hydrogen-bond acceptors (Lipinski definition) is 4. The van der Waals surface area contributed by atoms with Gasteiger partial charge in [0.1, 0.15) is 17.3 Å². The minimum Gasteiger partial charge on any atom is -0.497 e. The van der Waals surface area contributed by atoms with Crippen LogP contribution < -0.4 is 14.8 Å². The number of rotatable bonds is 5. The maximum atomic E-state index is 14.0. The maximum Gasteiger partial charge on any atom is 0.260 e. The van der Waals surface area contributed by atoms with Crippen molar-refractivity contribution in [3.05, 3.63) is 58.9 Å². The molecule has 0 aliphatic carbocycles. The third kappa shape index (κ3) is 3.48. The van der Waals surface area contributed by atoms with E-state index in [0.717, 1.165) is 0 Å². The van der Waals surface area contributed by atoms with Crippen LogP contribution in [0.4, 0.5) is 10.2 Å². The van der Waals surface area contributed by atoms with Crippen LogP contribution >= 0.6 is 11.6 Å². The van der Waals surface area contributed by atoms with Crippen LogP contribution in [0.5, 0.6) is 11.5 Å². The molecule has 1 aromatic heterocycles. The van der Waals surface area contributed by atoms with Gasteiger partial charge in [-0.1, -0.05) is 17.7 Å². The fraction of sp³-hybridized carbons (Fsp3) is 0.111. The highest BCUT2D eigenvalue weighted by atomic mass is 35.5. The molecule has 2 aromatic carbocycles. The summed E-state index contributed by atoms with van der Waals surface area (Å²) in [4.78, 5) is 12.5. The summed E-state index contributed by atoms with van der Waals surface area (Å²) in [5, 5.41) is 9.52. The van der Waals surface area contributed by atoms with Crippen molar-refractivity contribution in [2.75, 3.05) is 19.5 Å². The van der Waals surface area contributed by atoms with Gasteiger partial charge in [0.15, 0.2) is 5.82 Å². The summed E-state index contributed by atoms with van der Waals surface area (Å²) >= 11 is 6.04. The Morgan fingerprint density at radius 2 is 2.00 bits per heavy atom. The van der Waals surface area contributed by atoms with Crippen LogP contribution in [-0.2, 0) is 0 Å². The Kier molecular flexibility index (Phi) is 5.09. The molecule has 2 N–H and O–H groups in total. The number of hydrogen-bond donors (Lipinski definition) is 2. The van der Waals surface area contributed by atoms with Crippen LogP contribution in [0.2, 0.25) is 5.02 Å². The van der Waals surface area contributed by atoms with E-state index in [1.165, 1.54) is 32.4 Å². The lowest BCUT2D eigenvalue weighted by molar-refractivity contribution is 0.102. The molecule has 26 heavy (non-hydrogen) atoms. The van der Waals surface area contributed by atoms with Crippen molar-refractivity contribution in [2.24, 2.45) is 0 Å². The number of nitrogens with one attached hydrogen (secondary N) is 2. The van der Waals surface area contributed by atoms with E-state index in [9.17, 15) is 9.18 Å². The lowest BCUT2D eigenvalue weighted by Crippen LogP contribution is -2.13. The van der Waals surface area contributed by atoms with Crippen molar-refractivity contribution >= 4 is 23.3 Å². The number of amides is 1. The Morgan fingerprint density at radius 1 is 1.19 bits per heavy atom. The summed E-state index contributed by atoms with van der Waals surface area (Å²) in [6.45, 7) is 0. The minimum atomic E-state index is -0.492. The van der Waals surface area contributed by atoms with Gasteiger partial charge in [-0.15, -0.1) is 0 Å². The van der Waals surface area contributed by atoms with Gasteiger partial charge in [0, 0.05) is 6.07 Å². The second kappa shape index (κ2) is 7.45. The number of carbonyl (C=O) groups is 1. The van der Waals surface area contributed by atoms with Crippen molar-refractivity contribution < 1.29 is 18.7 Å². The monoisotopic (exact) mass is 375 g/mol. The first kappa shape index (κ1) is 17.8. The number of anilines is 1. The maximum absolute atomic E-state index is 14.0. The molecule has 1 heterocycles. The average molecular weight is 376 g/mol. The summed E-state index contributed by atoms with van der Waals surface area (Å²) in [5.41, 5.74) is 0.808. The first-order chi connectivity index (χ1) is 12.5. The standard InChI is InChI=1S/C18H15ClFN3O3/c1-25-10-6-7-15(26-2)11(8-10)18(24)21-16-9-14(22-23-16)17-12(19)4-3-5-13(17)20/h3-9H,1-2H3,(H2,21,22,23,24). The molecule has 1 amide bonds. The van der Waals surface area contributed by atoms with E-state index in [-0.39, 0.29) is 22.0 Å². The zero-order valence-electron chi connectivity index (χ0n) is 14.0. The molecular weight excluding hydrogens is 361 g/mol. The molecule has 0 unspecified atom stereocenters. The van der Waals surface area contributed by atoms with Gasteiger partial charge in [-0.25, -0.2) is 4.39 Å². The van der Waals surface area contributed by atoms with Crippen molar-refractivity contribution in [1.82, 2.24) is 10.2 Å². The number of H-pyrrole nitrogens is 1. The highest BCUT2D eigenvalue weighted by molar-refractivity contribution is 6.33. The van der Waals surface area contributed by atoms with Crippen LogP contribution in [0.25, 0.3) is 11.3 Å². The van der Waals surface area contributed by atoms with Crippen molar-refractivity contribution in [1.29, 1.82) is 0 Å². The second-order valence-corrected chi connectivity index (χ2v) is 5.69. The molecule has 0 aliphatic heterocycles. The molecule has 0 spiro atoms. The van der Waals surface area contributed by atoms with Crippen molar-refractivity contribution in [3.63, 3.8) is 0 Å². The topological polar surface area (TPSA) is 76.2 Å². The van der Waals surface area contributed by atoms with E-state index in [2.05, 4.69) is 15.5 Å². The first-order valence-electron chi connectivity index (χ1n) is 7.56. The number of benzene rings is 2. The third-order valence-electron chi connectivity index (χ3n) is 3.70. The summed E-state index contributed by atoms with van der Waals surface area (Å²) in [6.07, 6.45) is 0. The molecule has 8 heteroatoms. The van der Waals surface area contributed by atoms with Gasteiger partial charge in [0.2, 0.25) is 0 Å². The molecule has 0 atom stereocenters. The number of halogens is 2. The minimum absolute atomic E-state index is 0.182. The van der Waals surface area contributed by atoms with E-state index < -0.39 is 11.7 Å². The highest BCUT2D eigenvalue weighted by Crippen LogP contribution is 2.30. The molecule has 0 saturated heterocycles. The van der Waals surface area contributed by atoms with Gasteiger partial charge < -0.3 is 14.8 Å². The van der Waals surface area contributed by atoms with E-state index in [4.69, 9.17) is 21.1 Å². The molecule has 3 aromatic rings. The zero-order chi connectivity index (χ0) is 18.7. The van der Waals surface area contributed by atoms with Gasteiger partial charge in [-0.3, -0.25) is 9.89 Å². The van der Waals surface area contributed by atoms with Crippen LogP contribution in [0.1, 0.15) is 10.4 Å². The van der Waals surface area contributed by atoms with Gasteiger partial charge >= 0.3 is 0 Å². The lowest BCUT2D eigenvalue weighted by atomic mass is 10.1. The van der Waals surface area contributed by atoms with Crippen LogP contribution in [-0.4, -0.2) is 30.3 Å². The Hall–Kier alpha value is -3.06. The smallest absolute Gasteiger partial charge is 0.260 e. The van der Waals surface area contributed by atoms with E-state index >= 15 is 0 Å². The van der Waals surface area contributed by atoms with Gasteiger partial charge in [0.05, 0.1) is 36.1 Å². The Bertz CT molecular complexity index is 938.